The van der Waals surface area contributed by atoms with E-state index in [1.54, 1.807) is 12.1 Å². The smallest absolute Gasteiger partial charge is 0.405 e. The Balaban J connectivity index is 1.59. The number of nitrogens with one attached hydrogen (secondary N) is 1. The lowest BCUT2D eigenvalue weighted by atomic mass is 9.93. The van der Waals surface area contributed by atoms with Gasteiger partial charge >= 0.3 is 6.36 Å². The summed E-state index contributed by atoms with van der Waals surface area (Å²) >= 11 is 3.11. The van der Waals surface area contributed by atoms with Gasteiger partial charge in [-0.2, -0.15) is 0 Å². The van der Waals surface area contributed by atoms with Gasteiger partial charge in [-0.15, -0.1) is 13.2 Å². The Morgan fingerprint density at radius 2 is 2.05 bits per heavy atom. The lowest BCUT2D eigenvalue weighted by Crippen LogP contribution is -2.19. The van der Waals surface area contributed by atoms with Crippen molar-refractivity contribution in [3.63, 3.8) is 0 Å². The summed E-state index contributed by atoms with van der Waals surface area (Å²) in [6, 6.07) is 4.54. The summed E-state index contributed by atoms with van der Waals surface area (Å²) in [5.74, 6) is 1.76. The number of alkyl halides is 3. The zero-order valence-electron chi connectivity index (χ0n) is 11.2. The largest absolute Gasteiger partial charge is 0.573 e. The first-order chi connectivity index (χ1) is 9.90. The lowest BCUT2D eigenvalue weighted by Gasteiger charge is -2.19. The summed E-state index contributed by atoms with van der Waals surface area (Å²) in [6.07, 6.45) is 2.35. The molecule has 0 aromatic heterocycles. The molecule has 3 atom stereocenters. The molecule has 6 heteroatoms. The van der Waals surface area contributed by atoms with E-state index in [9.17, 15) is 13.2 Å². The lowest BCUT2D eigenvalue weighted by molar-refractivity contribution is -0.274. The van der Waals surface area contributed by atoms with Crippen molar-refractivity contribution >= 4 is 21.6 Å². The number of allylic oxidation sites excluding steroid dienone is 2. The van der Waals surface area contributed by atoms with E-state index in [4.69, 9.17) is 0 Å². The van der Waals surface area contributed by atoms with Crippen molar-refractivity contribution in [1.29, 1.82) is 0 Å². The van der Waals surface area contributed by atoms with Crippen LogP contribution >= 0.6 is 15.9 Å². The first kappa shape index (κ1) is 14.8. The molecule has 0 radical (unpaired) electrons. The van der Waals surface area contributed by atoms with E-state index in [-0.39, 0.29) is 10.2 Å². The molecular formula is C15H15BrF3NO. The third kappa shape index (κ3) is 3.54. The quantitative estimate of drug-likeness (QED) is 0.764. The van der Waals surface area contributed by atoms with Gasteiger partial charge in [0.2, 0.25) is 0 Å². The number of benzene rings is 1. The van der Waals surface area contributed by atoms with Gasteiger partial charge in [0.1, 0.15) is 5.75 Å². The Labute approximate surface area is 129 Å². The van der Waals surface area contributed by atoms with Crippen LogP contribution in [0.3, 0.4) is 0 Å². The van der Waals surface area contributed by atoms with Gasteiger partial charge in [0.25, 0.3) is 0 Å². The molecule has 2 aliphatic carbocycles. The first-order valence-electron chi connectivity index (χ1n) is 6.88. The van der Waals surface area contributed by atoms with Crippen molar-refractivity contribution in [3.8, 4) is 5.75 Å². The minimum absolute atomic E-state index is 0.226. The van der Waals surface area contributed by atoms with E-state index in [1.165, 1.54) is 18.9 Å². The third-order valence-electron chi connectivity index (χ3n) is 4.14. The van der Waals surface area contributed by atoms with Crippen LogP contribution < -0.4 is 10.1 Å². The Morgan fingerprint density at radius 1 is 1.24 bits per heavy atom. The second kappa shape index (κ2) is 5.55. The van der Waals surface area contributed by atoms with Gasteiger partial charge < -0.3 is 10.1 Å². The average Bonchev–Trinajstić information content (AvgIpc) is 3.00. The van der Waals surface area contributed by atoms with E-state index in [0.29, 0.717) is 11.8 Å². The predicted molar refractivity (Wildman–Crippen MR) is 78.2 cm³/mol. The summed E-state index contributed by atoms with van der Waals surface area (Å²) in [7, 11) is 0. The van der Waals surface area contributed by atoms with Crippen LogP contribution in [-0.2, 0) is 0 Å². The number of rotatable bonds is 4. The second-order valence-electron chi connectivity index (χ2n) is 5.61. The van der Waals surface area contributed by atoms with Gasteiger partial charge in [0.05, 0.1) is 4.47 Å². The number of hydrogen-bond donors (Lipinski definition) is 1. The Hall–Kier alpha value is -1.17. The van der Waals surface area contributed by atoms with Crippen LogP contribution in [0.5, 0.6) is 5.75 Å². The van der Waals surface area contributed by atoms with Crippen molar-refractivity contribution in [2.24, 2.45) is 17.8 Å². The number of anilines is 1. The van der Waals surface area contributed by atoms with Gasteiger partial charge in [0, 0.05) is 12.2 Å². The maximum Gasteiger partial charge on any atom is 0.573 e. The molecule has 0 aliphatic heterocycles. The SMILES string of the molecule is FC(F)(F)Oc1ccc(NCC2CC3C=CC2C3)cc1Br. The molecular weight excluding hydrogens is 347 g/mol. The van der Waals surface area contributed by atoms with E-state index in [0.717, 1.165) is 18.2 Å². The van der Waals surface area contributed by atoms with Crippen LogP contribution in [0.4, 0.5) is 18.9 Å². The summed E-state index contributed by atoms with van der Waals surface area (Å²) in [5.41, 5.74) is 0.795. The van der Waals surface area contributed by atoms with Crippen LogP contribution in [0.2, 0.25) is 0 Å². The molecule has 1 aromatic carbocycles. The molecule has 3 unspecified atom stereocenters. The molecule has 1 fully saturated rings. The number of halogens is 4. The summed E-state index contributed by atoms with van der Waals surface area (Å²) in [5, 5.41) is 3.30. The monoisotopic (exact) mass is 361 g/mol. The average molecular weight is 362 g/mol. The fraction of sp³-hybridized carbons (Fsp3) is 0.467. The molecule has 114 valence electrons. The van der Waals surface area contributed by atoms with Crippen LogP contribution in [-0.4, -0.2) is 12.9 Å². The van der Waals surface area contributed by atoms with Gasteiger partial charge in [0.15, 0.2) is 0 Å². The van der Waals surface area contributed by atoms with Crippen molar-refractivity contribution in [3.05, 3.63) is 34.8 Å². The minimum atomic E-state index is -4.67. The Morgan fingerprint density at radius 3 is 2.62 bits per heavy atom. The molecule has 0 amide bonds. The van der Waals surface area contributed by atoms with Crippen molar-refractivity contribution in [1.82, 2.24) is 0 Å². The van der Waals surface area contributed by atoms with Gasteiger partial charge in [-0.05, 0) is 64.7 Å². The molecule has 2 aliphatic rings. The van der Waals surface area contributed by atoms with Crippen molar-refractivity contribution in [2.75, 3.05) is 11.9 Å². The summed E-state index contributed by atoms with van der Waals surface area (Å²) in [4.78, 5) is 0. The van der Waals surface area contributed by atoms with Crippen LogP contribution in [0.25, 0.3) is 0 Å². The number of hydrogen-bond acceptors (Lipinski definition) is 2. The fourth-order valence-corrected chi connectivity index (χ4v) is 3.66. The molecule has 2 bridgehead atoms. The molecule has 0 saturated heterocycles. The highest BCUT2D eigenvalue weighted by Crippen LogP contribution is 2.43. The third-order valence-corrected chi connectivity index (χ3v) is 4.76. The fourth-order valence-electron chi connectivity index (χ4n) is 3.20. The topological polar surface area (TPSA) is 21.3 Å². The van der Waals surface area contributed by atoms with Gasteiger partial charge in [-0.1, -0.05) is 12.2 Å². The maximum atomic E-state index is 12.2. The minimum Gasteiger partial charge on any atom is -0.405 e. The maximum absolute atomic E-state index is 12.2. The molecule has 0 heterocycles. The van der Waals surface area contributed by atoms with Gasteiger partial charge in [-0.25, -0.2) is 0 Å². The van der Waals surface area contributed by atoms with Gasteiger partial charge in [-0.3, -0.25) is 0 Å². The summed E-state index contributed by atoms with van der Waals surface area (Å²) < 4.78 is 40.8. The van der Waals surface area contributed by atoms with E-state index in [2.05, 4.69) is 38.1 Å². The van der Waals surface area contributed by atoms with Crippen molar-refractivity contribution < 1.29 is 17.9 Å². The molecule has 3 rings (SSSR count). The highest BCUT2D eigenvalue weighted by Gasteiger charge is 2.35. The van der Waals surface area contributed by atoms with E-state index < -0.39 is 6.36 Å². The first-order valence-corrected chi connectivity index (χ1v) is 7.67. The highest BCUT2D eigenvalue weighted by atomic mass is 79.9. The van der Waals surface area contributed by atoms with Crippen LogP contribution in [0.1, 0.15) is 12.8 Å². The van der Waals surface area contributed by atoms with Crippen molar-refractivity contribution in [2.45, 2.75) is 19.2 Å². The summed E-state index contributed by atoms with van der Waals surface area (Å²) in [6.45, 7) is 0.845. The number of fused-ring (bicyclic) bond motifs is 2. The highest BCUT2D eigenvalue weighted by molar-refractivity contribution is 9.10. The molecule has 21 heavy (non-hydrogen) atoms. The molecule has 2 nitrogen and oxygen atoms in total. The Kier molecular flexibility index (Phi) is 3.90. The Bertz CT molecular complexity index is 558. The van der Waals surface area contributed by atoms with E-state index in [1.807, 2.05) is 0 Å². The zero-order valence-corrected chi connectivity index (χ0v) is 12.7. The predicted octanol–water partition coefficient (Wildman–Crippen LogP) is 4.97. The van der Waals surface area contributed by atoms with Crippen LogP contribution in [0.15, 0.2) is 34.8 Å². The standard InChI is InChI=1S/C15H15BrF3NO/c16-13-7-12(3-4-14(13)21-15(17,18)19)20-8-11-6-9-1-2-10(11)5-9/h1-4,7,9-11,20H,5-6,8H2. The van der Waals surface area contributed by atoms with Crippen LogP contribution in [0, 0.1) is 17.8 Å². The molecule has 1 saturated carbocycles. The second-order valence-corrected chi connectivity index (χ2v) is 6.47. The molecule has 0 spiro atoms. The molecule has 1 N–H and O–H groups in total. The normalized spacial score (nSPS) is 27.1. The molecule has 1 aromatic rings. The zero-order chi connectivity index (χ0) is 15.0. The number of ether oxygens (including phenoxy) is 1. The van der Waals surface area contributed by atoms with E-state index >= 15 is 0 Å².